The first-order valence-corrected chi connectivity index (χ1v) is 3.86. The van der Waals surface area contributed by atoms with E-state index in [0.717, 1.165) is 12.0 Å². The molecule has 0 heterocycles. The van der Waals surface area contributed by atoms with Crippen molar-refractivity contribution in [2.24, 2.45) is 4.99 Å². The summed E-state index contributed by atoms with van der Waals surface area (Å²) in [6, 6.07) is 0. The van der Waals surface area contributed by atoms with E-state index in [1.165, 1.54) is 18.5 Å². The molecule has 0 atom stereocenters. The molecule has 0 saturated heterocycles. The Kier molecular flexibility index (Phi) is 7.25. The quantitative estimate of drug-likeness (QED) is 0.390. The second-order valence-electron chi connectivity index (χ2n) is 2.37. The highest BCUT2D eigenvalue weighted by molar-refractivity contribution is 5.68. The Bertz CT molecular complexity index is 281. The molecule has 13 heavy (non-hydrogen) atoms. The van der Waals surface area contributed by atoms with Crippen molar-refractivity contribution in [1.82, 2.24) is 0 Å². The number of nitrogens with one attached hydrogen (secondary N) is 1. The molecule has 1 N–H and O–H groups in total. The molecule has 0 unspecified atom stereocenters. The third-order valence-electron chi connectivity index (χ3n) is 1.27. The zero-order valence-electron chi connectivity index (χ0n) is 7.53. The van der Waals surface area contributed by atoms with Crippen molar-refractivity contribution in [2.75, 3.05) is 0 Å². The summed E-state index contributed by atoms with van der Waals surface area (Å²) in [7, 11) is 0. The molecule has 68 valence electrons. The number of isocyanates is 1. The molecule has 0 fully saturated rings. The molecule has 0 rings (SSSR count). The minimum atomic E-state index is 0.796. The first kappa shape index (κ1) is 11.3. The largest absolute Gasteiger partial charge is 0.309 e. The Morgan fingerprint density at radius 1 is 1.54 bits per heavy atom. The van der Waals surface area contributed by atoms with Gasteiger partial charge in [0.2, 0.25) is 6.08 Å². The normalized spacial score (nSPS) is 11.9. The van der Waals surface area contributed by atoms with E-state index >= 15 is 0 Å². The number of hydrogen-bond donors (Lipinski definition) is 1. The van der Waals surface area contributed by atoms with Crippen LogP contribution in [0.2, 0.25) is 0 Å². The number of aliphatic imine (C=N–C) groups is 1. The Hall–Kier alpha value is -1.73. The first-order valence-electron chi connectivity index (χ1n) is 3.86. The van der Waals surface area contributed by atoms with Crippen molar-refractivity contribution >= 4 is 12.3 Å². The van der Waals surface area contributed by atoms with E-state index in [9.17, 15) is 4.79 Å². The Labute approximate surface area is 77.7 Å². The van der Waals surface area contributed by atoms with E-state index in [2.05, 4.69) is 4.99 Å². The van der Waals surface area contributed by atoms with Gasteiger partial charge in [-0.3, -0.25) is 0 Å². The lowest BCUT2D eigenvalue weighted by Crippen LogP contribution is -1.72. The van der Waals surface area contributed by atoms with E-state index < -0.39 is 0 Å². The molecule has 3 heteroatoms. The molecule has 0 amide bonds. The summed E-state index contributed by atoms with van der Waals surface area (Å²) in [5.41, 5.74) is 1.11. The van der Waals surface area contributed by atoms with Gasteiger partial charge in [-0.15, -0.1) is 0 Å². The molecule has 0 aliphatic carbocycles. The molecule has 0 aromatic rings. The summed E-state index contributed by atoms with van der Waals surface area (Å²) < 4.78 is 0. The average Bonchev–Trinajstić information content (AvgIpc) is 2.11. The molecular formula is C10H12N2O. The number of hydrogen-bond acceptors (Lipinski definition) is 3. The second-order valence-corrected chi connectivity index (χ2v) is 2.37. The number of allylic oxidation sites excluding steroid dienone is 5. The molecule has 0 spiro atoms. The zero-order valence-corrected chi connectivity index (χ0v) is 7.53. The van der Waals surface area contributed by atoms with E-state index in [1.54, 1.807) is 18.2 Å². The Morgan fingerprint density at radius 2 is 2.31 bits per heavy atom. The van der Waals surface area contributed by atoms with Crippen LogP contribution in [-0.4, -0.2) is 12.3 Å². The van der Waals surface area contributed by atoms with Gasteiger partial charge < -0.3 is 5.41 Å². The van der Waals surface area contributed by atoms with Crippen LogP contribution in [-0.2, 0) is 4.79 Å². The minimum Gasteiger partial charge on any atom is -0.309 e. The van der Waals surface area contributed by atoms with Crippen LogP contribution in [0.3, 0.4) is 0 Å². The maximum absolute atomic E-state index is 9.63. The predicted molar refractivity (Wildman–Crippen MR) is 53.6 cm³/mol. The molecule has 0 aromatic carbocycles. The zero-order chi connectivity index (χ0) is 9.94. The van der Waals surface area contributed by atoms with Gasteiger partial charge in [0.15, 0.2) is 0 Å². The summed E-state index contributed by atoms with van der Waals surface area (Å²) in [5.74, 6) is 0. The molecule has 0 bridgehead atoms. The van der Waals surface area contributed by atoms with Gasteiger partial charge in [0.25, 0.3) is 0 Å². The Balaban J connectivity index is 3.81. The van der Waals surface area contributed by atoms with Crippen LogP contribution in [0.5, 0.6) is 0 Å². The maximum atomic E-state index is 9.63. The van der Waals surface area contributed by atoms with Gasteiger partial charge in [-0.25, -0.2) is 4.79 Å². The van der Waals surface area contributed by atoms with Gasteiger partial charge in [-0.05, 0) is 25.5 Å². The van der Waals surface area contributed by atoms with Crippen molar-refractivity contribution < 1.29 is 4.79 Å². The third kappa shape index (κ3) is 8.17. The summed E-state index contributed by atoms with van der Waals surface area (Å²) >= 11 is 0. The van der Waals surface area contributed by atoms with Crippen LogP contribution in [0.15, 0.2) is 41.1 Å². The van der Waals surface area contributed by atoms with E-state index in [0.29, 0.717) is 0 Å². The second kappa shape index (κ2) is 8.37. The summed E-state index contributed by atoms with van der Waals surface area (Å²) in [5, 5.41) is 6.81. The summed E-state index contributed by atoms with van der Waals surface area (Å²) in [6.07, 6.45) is 11.9. The number of nitrogens with zero attached hydrogens (tertiary/aromatic N) is 1. The lowest BCUT2D eigenvalue weighted by molar-refractivity contribution is 0.565. The molecular weight excluding hydrogens is 164 g/mol. The maximum Gasteiger partial charge on any atom is 0.239 e. The number of rotatable bonds is 5. The van der Waals surface area contributed by atoms with Crippen LogP contribution in [0, 0.1) is 5.41 Å². The van der Waals surface area contributed by atoms with Gasteiger partial charge >= 0.3 is 0 Å². The molecule has 0 radical (unpaired) electrons. The molecule has 3 nitrogen and oxygen atoms in total. The SMILES string of the molecule is C/C(=C/C=N)C/C=C\C=C\N=C=O. The highest BCUT2D eigenvalue weighted by atomic mass is 16.1. The van der Waals surface area contributed by atoms with Gasteiger partial charge in [0, 0.05) is 12.4 Å². The van der Waals surface area contributed by atoms with Gasteiger partial charge in [0.05, 0.1) is 0 Å². The predicted octanol–water partition coefficient (Wildman–Crippen LogP) is 2.38. The summed E-state index contributed by atoms with van der Waals surface area (Å²) in [4.78, 5) is 12.9. The van der Waals surface area contributed by atoms with Crippen molar-refractivity contribution in [3.05, 3.63) is 36.1 Å². The van der Waals surface area contributed by atoms with Gasteiger partial charge in [0.1, 0.15) is 0 Å². The van der Waals surface area contributed by atoms with Crippen molar-refractivity contribution in [3.8, 4) is 0 Å². The third-order valence-corrected chi connectivity index (χ3v) is 1.27. The number of carbonyl (C=O) groups excluding carboxylic acids is 1. The minimum absolute atomic E-state index is 0.796. The monoisotopic (exact) mass is 176 g/mol. The van der Waals surface area contributed by atoms with Gasteiger partial charge in [-0.2, -0.15) is 4.99 Å². The topological polar surface area (TPSA) is 53.3 Å². The highest BCUT2D eigenvalue weighted by Crippen LogP contribution is 1.98. The average molecular weight is 176 g/mol. The fourth-order valence-corrected chi connectivity index (χ4v) is 0.666. The highest BCUT2D eigenvalue weighted by Gasteiger charge is 1.80. The molecule has 0 aliphatic rings. The summed E-state index contributed by atoms with van der Waals surface area (Å²) in [6.45, 7) is 1.95. The molecule has 0 aromatic heterocycles. The smallest absolute Gasteiger partial charge is 0.239 e. The van der Waals surface area contributed by atoms with Crippen LogP contribution in [0.25, 0.3) is 0 Å². The van der Waals surface area contributed by atoms with Gasteiger partial charge in [-0.1, -0.05) is 17.7 Å². The fraction of sp³-hybridized carbons (Fsp3) is 0.200. The Morgan fingerprint density at radius 3 is 2.92 bits per heavy atom. The molecule has 0 saturated carbocycles. The van der Waals surface area contributed by atoms with E-state index in [1.807, 2.05) is 13.0 Å². The first-order chi connectivity index (χ1) is 6.31. The van der Waals surface area contributed by atoms with Crippen LogP contribution < -0.4 is 0 Å². The standard InChI is InChI=1S/C10H12N2O/c1-10(6-7-11)5-3-2-4-8-12-9-13/h2-4,6-8,11H,5H2,1H3/b3-2-,8-4+,10-6-,11-7?. The lowest BCUT2D eigenvalue weighted by Gasteiger charge is -1.89. The molecule has 0 aliphatic heterocycles. The fourth-order valence-electron chi connectivity index (χ4n) is 0.666. The van der Waals surface area contributed by atoms with E-state index in [4.69, 9.17) is 5.41 Å². The van der Waals surface area contributed by atoms with Crippen molar-refractivity contribution in [1.29, 1.82) is 5.41 Å². The van der Waals surface area contributed by atoms with Crippen LogP contribution >= 0.6 is 0 Å². The van der Waals surface area contributed by atoms with Crippen LogP contribution in [0.4, 0.5) is 0 Å². The van der Waals surface area contributed by atoms with Crippen molar-refractivity contribution in [2.45, 2.75) is 13.3 Å². The van der Waals surface area contributed by atoms with Crippen LogP contribution in [0.1, 0.15) is 13.3 Å². The van der Waals surface area contributed by atoms with Crippen molar-refractivity contribution in [3.63, 3.8) is 0 Å². The van der Waals surface area contributed by atoms with E-state index in [-0.39, 0.29) is 0 Å². The lowest BCUT2D eigenvalue weighted by atomic mass is 10.2.